The van der Waals surface area contributed by atoms with Crippen molar-refractivity contribution in [3.05, 3.63) is 65.2 Å². The van der Waals surface area contributed by atoms with E-state index in [-0.39, 0.29) is 12.0 Å². The van der Waals surface area contributed by atoms with Gasteiger partial charge in [-0.15, -0.1) is 11.3 Å². The number of nitriles is 1. The Morgan fingerprint density at radius 3 is 2.50 bits per heavy atom. The number of nitrogens with zero attached hydrogens (tertiary/aromatic N) is 4. The van der Waals surface area contributed by atoms with Crippen LogP contribution in [0.4, 0.5) is 5.69 Å². The quantitative estimate of drug-likeness (QED) is 0.562. The fourth-order valence-electron chi connectivity index (χ4n) is 3.74. The first-order valence-corrected chi connectivity index (χ1v) is 11.7. The molecule has 1 saturated heterocycles. The Morgan fingerprint density at radius 1 is 1.06 bits per heavy atom. The van der Waals surface area contributed by atoms with Crippen molar-refractivity contribution < 1.29 is 9.53 Å². The summed E-state index contributed by atoms with van der Waals surface area (Å²) in [6, 6.07) is 17.6. The van der Waals surface area contributed by atoms with E-state index < -0.39 is 0 Å². The number of benzene rings is 2. The van der Waals surface area contributed by atoms with Crippen molar-refractivity contribution in [2.24, 2.45) is 0 Å². The fraction of sp³-hybridized carbons (Fsp3) is 0.320. The molecule has 164 valence electrons. The van der Waals surface area contributed by atoms with Crippen LogP contribution in [0.3, 0.4) is 0 Å². The van der Waals surface area contributed by atoms with E-state index in [1.54, 1.807) is 0 Å². The van der Waals surface area contributed by atoms with Gasteiger partial charge in [0, 0.05) is 42.8 Å². The minimum absolute atomic E-state index is 0.0195. The first-order chi connectivity index (χ1) is 15.5. The van der Waals surface area contributed by atoms with Gasteiger partial charge in [0.2, 0.25) is 0 Å². The van der Waals surface area contributed by atoms with E-state index >= 15 is 0 Å². The highest BCUT2D eigenvalue weighted by Crippen LogP contribution is 2.27. The molecule has 0 saturated carbocycles. The summed E-state index contributed by atoms with van der Waals surface area (Å²) in [5, 5.41) is 11.7. The minimum atomic E-state index is -0.0195. The number of anilines is 1. The Hall–Kier alpha value is -3.37. The van der Waals surface area contributed by atoms with Crippen LogP contribution in [-0.2, 0) is 0 Å². The number of carbonyl (C=O) groups is 1. The molecule has 1 aliphatic rings. The maximum Gasteiger partial charge on any atom is 0.273 e. The molecule has 1 aromatic heterocycles. The summed E-state index contributed by atoms with van der Waals surface area (Å²) in [5.74, 6) is 0.807. The molecule has 0 N–H and O–H groups in total. The largest absolute Gasteiger partial charge is 0.491 e. The first kappa shape index (κ1) is 21.8. The van der Waals surface area contributed by atoms with Gasteiger partial charge in [-0.1, -0.05) is 0 Å². The van der Waals surface area contributed by atoms with Gasteiger partial charge in [0.15, 0.2) is 0 Å². The number of aromatic nitrogens is 1. The molecule has 1 aliphatic heterocycles. The van der Waals surface area contributed by atoms with Crippen molar-refractivity contribution in [1.82, 2.24) is 9.88 Å². The standard InChI is InChI=1S/C25H26N4O2S/c1-18(2)31-22-10-6-20(7-11-22)24-27-23(17-32-24)25(30)29-13-3-12-28(14-15-29)21-8-4-19(16-26)5-9-21/h4-11,17-18H,3,12-15H2,1-2H3. The summed E-state index contributed by atoms with van der Waals surface area (Å²) in [5.41, 5.74) is 3.22. The lowest BCUT2D eigenvalue weighted by Gasteiger charge is -2.23. The second-order valence-electron chi connectivity index (χ2n) is 8.02. The van der Waals surface area contributed by atoms with Crippen LogP contribution in [0.15, 0.2) is 53.9 Å². The third kappa shape index (κ3) is 5.09. The van der Waals surface area contributed by atoms with Gasteiger partial charge in [0.1, 0.15) is 16.5 Å². The van der Waals surface area contributed by atoms with E-state index in [0.29, 0.717) is 24.3 Å². The molecule has 2 heterocycles. The zero-order valence-corrected chi connectivity index (χ0v) is 19.1. The van der Waals surface area contributed by atoms with Gasteiger partial charge >= 0.3 is 0 Å². The molecule has 0 atom stereocenters. The zero-order valence-electron chi connectivity index (χ0n) is 18.3. The average molecular weight is 447 g/mol. The Morgan fingerprint density at radius 2 is 1.81 bits per heavy atom. The van der Waals surface area contributed by atoms with Crippen LogP contribution in [0, 0.1) is 11.3 Å². The topological polar surface area (TPSA) is 69.5 Å². The second kappa shape index (κ2) is 9.84. The number of carbonyl (C=O) groups excluding carboxylic acids is 1. The van der Waals surface area contributed by atoms with Crippen molar-refractivity contribution in [2.75, 3.05) is 31.1 Å². The van der Waals surface area contributed by atoms with E-state index in [1.165, 1.54) is 11.3 Å². The summed E-state index contributed by atoms with van der Waals surface area (Å²) in [6.07, 6.45) is 1.02. The van der Waals surface area contributed by atoms with Crippen molar-refractivity contribution in [2.45, 2.75) is 26.4 Å². The number of ether oxygens (including phenoxy) is 1. The predicted molar refractivity (Wildman–Crippen MR) is 127 cm³/mol. The Labute approximate surface area is 192 Å². The summed E-state index contributed by atoms with van der Waals surface area (Å²) in [7, 11) is 0. The number of hydrogen-bond donors (Lipinski definition) is 0. The van der Waals surface area contributed by atoms with Gasteiger partial charge in [-0.05, 0) is 68.8 Å². The lowest BCUT2D eigenvalue weighted by Crippen LogP contribution is -2.35. The van der Waals surface area contributed by atoms with Crippen LogP contribution in [0.1, 0.15) is 36.3 Å². The molecule has 0 spiro atoms. The van der Waals surface area contributed by atoms with Gasteiger partial charge in [-0.2, -0.15) is 5.26 Å². The average Bonchev–Trinajstić information content (AvgIpc) is 3.17. The normalized spacial score (nSPS) is 14.2. The van der Waals surface area contributed by atoms with Crippen LogP contribution < -0.4 is 9.64 Å². The molecule has 32 heavy (non-hydrogen) atoms. The molecular weight excluding hydrogens is 420 g/mol. The molecule has 4 rings (SSSR count). The fourth-order valence-corrected chi connectivity index (χ4v) is 4.54. The van der Waals surface area contributed by atoms with Gasteiger partial charge in [-0.3, -0.25) is 4.79 Å². The monoisotopic (exact) mass is 446 g/mol. The molecule has 1 amide bonds. The lowest BCUT2D eigenvalue weighted by atomic mass is 10.2. The van der Waals surface area contributed by atoms with Crippen molar-refractivity contribution in [3.63, 3.8) is 0 Å². The van der Waals surface area contributed by atoms with Crippen LogP contribution >= 0.6 is 11.3 Å². The van der Waals surface area contributed by atoms with Crippen LogP contribution in [0.2, 0.25) is 0 Å². The first-order valence-electron chi connectivity index (χ1n) is 10.8. The van der Waals surface area contributed by atoms with Gasteiger partial charge in [0.05, 0.1) is 17.7 Å². The van der Waals surface area contributed by atoms with E-state index in [0.717, 1.165) is 41.5 Å². The molecule has 0 unspecified atom stereocenters. The molecule has 0 aliphatic carbocycles. The molecule has 7 heteroatoms. The summed E-state index contributed by atoms with van der Waals surface area (Å²) >= 11 is 1.48. The maximum absolute atomic E-state index is 13.1. The highest BCUT2D eigenvalue weighted by Gasteiger charge is 2.22. The summed E-state index contributed by atoms with van der Waals surface area (Å²) in [6.45, 7) is 6.99. The number of thiazole rings is 1. The van der Waals surface area contributed by atoms with E-state index in [9.17, 15) is 4.79 Å². The van der Waals surface area contributed by atoms with Gasteiger partial charge in [-0.25, -0.2) is 4.98 Å². The van der Waals surface area contributed by atoms with Gasteiger partial charge < -0.3 is 14.5 Å². The predicted octanol–water partition coefficient (Wildman–Crippen LogP) is 4.82. The Kier molecular flexibility index (Phi) is 6.72. The SMILES string of the molecule is CC(C)Oc1ccc(-c2nc(C(=O)N3CCCN(c4ccc(C#N)cc4)CC3)cs2)cc1. The van der Waals surface area contributed by atoms with E-state index in [4.69, 9.17) is 10.00 Å². The zero-order chi connectivity index (χ0) is 22.5. The van der Waals surface area contributed by atoms with E-state index in [1.807, 2.05) is 72.7 Å². The van der Waals surface area contributed by atoms with Crippen molar-refractivity contribution in [1.29, 1.82) is 5.26 Å². The minimum Gasteiger partial charge on any atom is -0.491 e. The van der Waals surface area contributed by atoms with Crippen molar-refractivity contribution in [3.8, 4) is 22.4 Å². The third-order valence-corrected chi connectivity index (χ3v) is 6.23. The maximum atomic E-state index is 13.1. The molecular formula is C25H26N4O2S. The molecule has 3 aromatic rings. The summed E-state index contributed by atoms with van der Waals surface area (Å²) in [4.78, 5) is 21.9. The number of hydrogen-bond acceptors (Lipinski definition) is 6. The smallest absolute Gasteiger partial charge is 0.273 e. The van der Waals surface area contributed by atoms with Gasteiger partial charge in [0.25, 0.3) is 5.91 Å². The molecule has 0 bridgehead atoms. The Balaban J connectivity index is 1.40. The third-order valence-electron chi connectivity index (χ3n) is 5.34. The summed E-state index contributed by atoms with van der Waals surface area (Å²) < 4.78 is 5.70. The second-order valence-corrected chi connectivity index (χ2v) is 8.88. The number of rotatable bonds is 5. The molecule has 2 aromatic carbocycles. The molecule has 0 radical (unpaired) electrons. The van der Waals surface area contributed by atoms with E-state index in [2.05, 4.69) is 16.0 Å². The van der Waals surface area contributed by atoms with Crippen LogP contribution in [0.25, 0.3) is 10.6 Å². The Bertz CT molecular complexity index is 1100. The molecule has 6 nitrogen and oxygen atoms in total. The number of amides is 1. The highest BCUT2D eigenvalue weighted by molar-refractivity contribution is 7.13. The van der Waals surface area contributed by atoms with Crippen molar-refractivity contribution >= 4 is 22.9 Å². The van der Waals surface area contributed by atoms with Crippen LogP contribution in [-0.4, -0.2) is 48.1 Å². The highest BCUT2D eigenvalue weighted by atomic mass is 32.1. The molecule has 1 fully saturated rings. The lowest BCUT2D eigenvalue weighted by molar-refractivity contribution is 0.0762. The van der Waals surface area contributed by atoms with Crippen LogP contribution in [0.5, 0.6) is 5.75 Å².